The Morgan fingerprint density at radius 2 is 1.73 bits per heavy atom. The highest BCUT2D eigenvalue weighted by atomic mass is 19.4. The van der Waals surface area contributed by atoms with Crippen molar-refractivity contribution in [3.63, 3.8) is 0 Å². The number of fused-ring (bicyclic) bond motifs is 3. The van der Waals surface area contributed by atoms with Crippen LogP contribution in [0.2, 0.25) is 0 Å². The third-order valence-electron chi connectivity index (χ3n) is 8.98. The molecule has 3 aliphatic rings. The number of hydrogen-bond donors (Lipinski definition) is 0. The first-order chi connectivity index (χ1) is 23.1. The first-order valence-electron chi connectivity index (χ1n) is 15.6. The minimum absolute atomic E-state index is 0.00745. The second-order valence-electron chi connectivity index (χ2n) is 12.2. The molecule has 0 unspecified atom stereocenters. The van der Waals surface area contributed by atoms with Crippen molar-refractivity contribution in [3.8, 4) is 11.4 Å². The number of rotatable bonds is 6. The Morgan fingerprint density at radius 3 is 2.50 bits per heavy atom. The number of nitrogens with zero attached hydrogens (tertiary/aromatic N) is 6. The van der Waals surface area contributed by atoms with E-state index in [0.29, 0.717) is 37.6 Å². The maximum absolute atomic E-state index is 14.2. The van der Waals surface area contributed by atoms with E-state index in [-0.39, 0.29) is 49.2 Å². The average molecular weight is 665 g/mol. The summed E-state index contributed by atoms with van der Waals surface area (Å²) in [5.74, 6) is -1.38. The Morgan fingerprint density at radius 1 is 0.938 bits per heavy atom. The topological polar surface area (TPSA) is 93.0 Å². The molecule has 14 heteroatoms. The average Bonchev–Trinajstić information content (AvgIpc) is 3.74. The highest BCUT2D eigenvalue weighted by Gasteiger charge is 2.46. The van der Waals surface area contributed by atoms with Crippen molar-refractivity contribution in [2.24, 2.45) is 0 Å². The number of ether oxygens (including phenoxy) is 2. The van der Waals surface area contributed by atoms with Gasteiger partial charge in [-0.1, -0.05) is 35.5 Å². The van der Waals surface area contributed by atoms with Crippen LogP contribution in [0.15, 0.2) is 79.0 Å². The third-order valence-corrected chi connectivity index (χ3v) is 8.98. The zero-order valence-corrected chi connectivity index (χ0v) is 25.7. The van der Waals surface area contributed by atoms with Gasteiger partial charge in [0.1, 0.15) is 29.9 Å². The summed E-state index contributed by atoms with van der Waals surface area (Å²) in [6.45, 7) is 2.16. The van der Waals surface area contributed by atoms with Gasteiger partial charge in [-0.3, -0.25) is 14.5 Å². The van der Waals surface area contributed by atoms with Crippen LogP contribution in [0.1, 0.15) is 33.6 Å². The van der Waals surface area contributed by atoms with Gasteiger partial charge >= 0.3 is 6.18 Å². The molecule has 4 heterocycles. The Labute approximate surface area is 273 Å². The van der Waals surface area contributed by atoms with Crippen LogP contribution in [-0.2, 0) is 28.9 Å². The summed E-state index contributed by atoms with van der Waals surface area (Å²) >= 11 is 0. The molecule has 0 saturated carbocycles. The molecule has 3 aromatic carbocycles. The standard InChI is InChI=1S/C34H32F4N6O4/c35-24-7-9-26(10-8-24)44-17-25(39-40-44)20-47-28-15-30-33(46)42-13-12-41(16-22-4-2-1-3-5-22)18-27(42)21-48-31-11-6-23(34(36,37)38)14-29(31)32(45)43(30)19-28/h1-11,14,17,27-28,30H,12-13,15-16,18-21H2/t27-,28+,30-/m0/s1. The van der Waals surface area contributed by atoms with E-state index < -0.39 is 35.8 Å². The second-order valence-corrected chi connectivity index (χ2v) is 12.2. The lowest BCUT2D eigenvalue weighted by atomic mass is 10.0. The van der Waals surface area contributed by atoms with Crippen molar-refractivity contribution in [2.75, 3.05) is 32.8 Å². The van der Waals surface area contributed by atoms with Crippen LogP contribution >= 0.6 is 0 Å². The molecule has 3 aliphatic heterocycles. The largest absolute Gasteiger partial charge is 0.491 e. The number of piperazine rings is 1. The van der Waals surface area contributed by atoms with Gasteiger partial charge in [-0.2, -0.15) is 13.2 Å². The van der Waals surface area contributed by atoms with Crippen molar-refractivity contribution in [3.05, 3.63) is 107 Å². The number of aromatic nitrogens is 3. The SMILES string of the molecule is O=C1[C@@H]2C[C@@H](OCc3cn(-c4ccc(F)cc4)nn3)CN2C(=O)c2cc(C(F)(F)F)ccc2OC[C@@H]2CN(Cc3ccccc3)CCN12. The molecule has 0 bridgehead atoms. The number of benzene rings is 3. The normalized spacial score (nSPS) is 21.8. The second kappa shape index (κ2) is 13.0. The van der Waals surface area contributed by atoms with Crippen LogP contribution in [0, 0.1) is 5.82 Å². The monoisotopic (exact) mass is 664 g/mol. The molecule has 0 spiro atoms. The smallest absolute Gasteiger partial charge is 0.416 e. The molecule has 2 amide bonds. The lowest BCUT2D eigenvalue weighted by Crippen LogP contribution is -2.61. The summed E-state index contributed by atoms with van der Waals surface area (Å²) in [5, 5.41) is 8.18. The van der Waals surface area contributed by atoms with Crippen LogP contribution in [0.25, 0.3) is 5.69 Å². The van der Waals surface area contributed by atoms with Crippen LogP contribution < -0.4 is 4.74 Å². The van der Waals surface area contributed by atoms with Gasteiger partial charge in [0.2, 0.25) is 5.91 Å². The Kier molecular flexibility index (Phi) is 8.60. The highest BCUT2D eigenvalue weighted by Crippen LogP contribution is 2.36. The van der Waals surface area contributed by atoms with Crippen molar-refractivity contribution >= 4 is 11.8 Å². The minimum Gasteiger partial charge on any atom is -0.491 e. The summed E-state index contributed by atoms with van der Waals surface area (Å²) in [6, 6.07) is 17.2. The predicted molar refractivity (Wildman–Crippen MR) is 163 cm³/mol. The number of carbonyl (C=O) groups excluding carboxylic acids is 2. The molecule has 250 valence electrons. The molecule has 1 aromatic heterocycles. The number of alkyl halides is 3. The molecule has 0 radical (unpaired) electrons. The number of hydrogen-bond acceptors (Lipinski definition) is 7. The van der Waals surface area contributed by atoms with E-state index in [1.807, 2.05) is 30.3 Å². The molecule has 3 atom stereocenters. The highest BCUT2D eigenvalue weighted by molar-refractivity contribution is 6.00. The van der Waals surface area contributed by atoms with E-state index >= 15 is 0 Å². The molecule has 2 fully saturated rings. The molecule has 2 saturated heterocycles. The van der Waals surface area contributed by atoms with Crippen molar-refractivity contribution in [2.45, 2.75) is 43.9 Å². The van der Waals surface area contributed by atoms with E-state index in [9.17, 15) is 27.2 Å². The molecule has 4 aromatic rings. The van der Waals surface area contributed by atoms with Crippen molar-refractivity contribution in [1.82, 2.24) is 29.7 Å². The van der Waals surface area contributed by atoms with Gasteiger partial charge in [0, 0.05) is 39.1 Å². The Balaban J connectivity index is 1.14. The van der Waals surface area contributed by atoms with Crippen LogP contribution in [-0.4, -0.2) is 92.5 Å². The maximum Gasteiger partial charge on any atom is 0.416 e. The first-order valence-corrected chi connectivity index (χ1v) is 15.6. The molecular weight excluding hydrogens is 632 g/mol. The summed E-state index contributed by atoms with van der Waals surface area (Å²) in [4.78, 5) is 33.4. The lowest BCUT2D eigenvalue weighted by molar-refractivity contribution is -0.142. The lowest BCUT2D eigenvalue weighted by Gasteiger charge is -2.43. The van der Waals surface area contributed by atoms with Crippen LogP contribution in [0.4, 0.5) is 17.6 Å². The van der Waals surface area contributed by atoms with Gasteiger partial charge in [0.15, 0.2) is 0 Å². The summed E-state index contributed by atoms with van der Waals surface area (Å²) in [7, 11) is 0. The van der Waals surface area contributed by atoms with Crippen LogP contribution in [0.5, 0.6) is 5.75 Å². The number of carbonyl (C=O) groups is 2. The van der Waals surface area contributed by atoms with Gasteiger partial charge in [-0.15, -0.1) is 5.10 Å². The zero-order chi connectivity index (χ0) is 33.4. The maximum atomic E-state index is 14.2. The van der Waals surface area contributed by atoms with Gasteiger partial charge in [-0.05, 0) is 48.0 Å². The van der Waals surface area contributed by atoms with E-state index in [2.05, 4.69) is 15.2 Å². The quantitative estimate of drug-likeness (QED) is 0.284. The zero-order valence-electron chi connectivity index (χ0n) is 25.7. The van der Waals surface area contributed by atoms with Crippen LogP contribution in [0.3, 0.4) is 0 Å². The molecule has 7 rings (SSSR count). The van der Waals surface area contributed by atoms with Gasteiger partial charge in [-0.25, -0.2) is 9.07 Å². The van der Waals surface area contributed by atoms with Gasteiger partial charge < -0.3 is 19.3 Å². The third kappa shape index (κ3) is 6.62. The van der Waals surface area contributed by atoms with E-state index in [4.69, 9.17) is 9.47 Å². The minimum atomic E-state index is -4.68. The van der Waals surface area contributed by atoms with Crippen molar-refractivity contribution < 1.29 is 36.6 Å². The molecule has 0 aliphatic carbocycles. The molecule has 48 heavy (non-hydrogen) atoms. The van der Waals surface area contributed by atoms with E-state index in [0.717, 1.165) is 17.7 Å². The van der Waals surface area contributed by atoms with Gasteiger partial charge in [0.05, 0.1) is 41.8 Å². The summed E-state index contributed by atoms with van der Waals surface area (Å²) in [5.41, 5.74) is 0.946. The van der Waals surface area contributed by atoms with Crippen molar-refractivity contribution in [1.29, 1.82) is 0 Å². The Bertz CT molecular complexity index is 1780. The van der Waals surface area contributed by atoms with E-state index in [1.165, 1.54) is 27.8 Å². The number of amides is 2. The number of halogens is 4. The predicted octanol–water partition coefficient (Wildman–Crippen LogP) is 4.33. The molecule has 0 N–H and O–H groups in total. The molecule has 10 nitrogen and oxygen atoms in total. The fraction of sp³-hybridized carbons (Fsp3) is 0.353. The molecular formula is C34H32F4N6O4. The summed E-state index contributed by atoms with van der Waals surface area (Å²) in [6.07, 6.45) is -3.50. The summed E-state index contributed by atoms with van der Waals surface area (Å²) < 4.78 is 68.2. The first kappa shape index (κ1) is 31.8. The van der Waals surface area contributed by atoms with Gasteiger partial charge in [0.25, 0.3) is 5.91 Å². The van der Waals surface area contributed by atoms with E-state index in [1.54, 1.807) is 23.2 Å². The fourth-order valence-corrected chi connectivity index (χ4v) is 6.53. The Hall–Kier alpha value is -4.82. The fourth-order valence-electron chi connectivity index (χ4n) is 6.53.